The van der Waals surface area contributed by atoms with Gasteiger partial charge in [-0.25, -0.2) is 9.59 Å². The molecule has 32 heavy (non-hydrogen) atoms. The highest BCUT2D eigenvalue weighted by Crippen LogP contribution is 2.38. The van der Waals surface area contributed by atoms with E-state index in [0.717, 1.165) is 15.8 Å². The summed E-state index contributed by atoms with van der Waals surface area (Å²) in [4.78, 5) is 37.8. The summed E-state index contributed by atoms with van der Waals surface area (Å²) in [6, 6.07) is 6.57. The molecule has 0 bridgehead atoms. The van der Waals surface area contributed by atoms with Gasteiger partial charge in [0.2, 0.25) is 3.79 Å². The van der Waals surface area contributed by atoms with E-state index in [-0.39, 0.29) is 28.7 Å². The van der Waals surface area contributed by atoms with Crippen LogP contribution in [-0.4, -0.2) is 41.0 Å². The number of hydrogen-bond donors (Lipinski definition) is 2. The number of esters is 2. The zero-order valence-electron chi connectivity index (χ0n) is 17.3. The molecule has 1 aromatic heterocycles. The number of halogens is 4. The molecule has 0 radical (unpaired) electrons. The summed E-state index contributed by atoms with van der Waals surface area (Å²) in [5.41, 5.74) is 0.781. The highest BCUT2D eigenvalue weighted by atomic mass is 79.9. The average molecular weight is 587 g/mol. The average Bonchev–Trinajstić information content (AvgIpc) is 3.03. The van der Waals surface area contributed by atoms with Gasteiger partial charge in [-0.2, -0.15) is 0 Å². The Balaban J connectivity index is 2.42. The van der Waals surface area contributed by atoms with E-state index in [1.54, 1.807) is 45.0 Å². The van der Waals surface area contributed by atoms with Crippen LogP contribution in [0.1, 0.15) is 49.8 Å². The molecule has 0 aliphatic rings. The van der Waals surface area contributed by atoms with Crippen LogP contribution in [0, 0.1) is 6.92 Å². The van der Waals surface area contributed by atoms with E-state index < -0.39 is 27.8 Å². The van der Waals surface area contributed by atoms with Gasteiger partial charge in [-0.1, -0.05) is 50.7 Å². The molecular weight excluding hydrogens is 567 g/mol. The Morgan fingerprint density at radius 1 is 1.06 bits per heavy atom. The van der Waals surface area contributed by atoms with Crippen molar-refractivity contribution < 1.29 is 23.9 Å². The molecule has 174 valence electrons. The highest BCUT2D eigenvalue weighted by molar-refractivity contribution is 9.10. The lowest BCUT2D eigenvalue weighted by molar-refractivity contribution is 0.0527. The van der Waals surface area contributed by atoms with Gasteiger partial charge in [0.15, 0.2) is 0 Å². The minimum absolute atomic E-state index is 0.0945. The maximum absolute atomic E-state index is 12.7. The molecule has 2 N–H and O–H groups in total. The monoisotopic (exact) mass is 584 g/mol. The highest BCUT2D eigenvalue weighted by Gasteiger charge is 2.37. The van der Waals surface area contributed by atoms with E-state index in [0.29, 0.717) is 11.1 Å². The second kappa shape index (κ2) is 11.6. The number of benzene rings is 1. The third kappa shape index (κ3) is 6.74. The van der Waals surface area contributed by atoms with E-state index in [1.165, 1.54) is 0 Å². The SMILES string of the molecule is CCOC(=O)c1sc(NC(NC(=O)c2ccc(Br)cc2)C(Cl)(Cl)Cl)c(C(=O)OCC)c1C. The molecule has 0 fully saturated rings. The third-order valence-electron chi connectivity index (χ3n) is 4.07. The lowest BCUT2D eigenvalue weighted by Gasteiger charge is -2.27. The van der Waals surface area contributed by atoms with Crippen LogP contribution in [0.4, 0.5) is 5.00 Å². The van der Waals surface area contributed by atoms with Crippen molar-refractivity contribution in [2.24, 2.45) is 0 Å². The Bertz CT molecular complexity index is 992. The van der Waals surface area contributed by atoms with Crippen LogP contribution >= 0.6 is 62.1 Å². The van der Waals surface area contributed by atoms with Crippen LogP contribution in [0.2, 0.25) is 0 Å². The number of hydrogen-bond acceptors (Lipinski definition) is 7. The first-order chi connectivity index (χ1) is 15.0. The Morgan fingerprint density at radius 2 is 1.62 bits per heavy atom. The maximum Gasteiger partial charge on any atom is 0.348 e. The van der Waals surface area contributed by atoms with Gasteiger partial charge in [0.05, 0.1) is 18.8 Å². The van der Waals surface area contributed by atoms with Crippen molar-refractivity contribution >= 4 is 84.9 Å². The quantitative estimate of drug-likeness (QED) is 0.234. The molecule has 1 unspecified atom stereocenters. The van der Waals surface area contributed by atoms with E-state index in [2.05, 4.69) is 26.6 Å². The predicted molar refractivity (Wildman–Crippen MR) is 130 cm³/mol. The van der Waals surface area contributed by atoms with Gasteiger partial charge in [-0.05, 0) is 50.6 Å². The molecule has 0 saturated heterocycles. The number of amides is 1. The van der Waals surface area contributed by atoms with Gasteiger partial charge < -0.3 is 20.1 Å². The molecule has 1 amide bonds. The number of anilines is 1. The Morgan fingerprint density at radius 3 is 2.16 bits per heavy atom. The van der Waals surface area contributed by atoms with Crippen LogP contribution in [-0.2, 0) is 9.47 Å². The molecule has 0 spiro atoms. The fourth-order valence-electron chi connectivity index (χ4n) is 2.60. The van der Waals surface area contributed by atoms with Crippen molar-refractivity contribution in [1.29, 1.82) is 0 Å². The number of thiophene rings is 1. The topological polar surface area (TPSA) is 93.7 Å². The van der Waals surface area contributed by atoms with Crippen molar-refractivity contribution in [1.82, 2.24) is 5.32 Å². The zero-order valence-corrected chi connectivity index (χ0v) is 21.9. The smallest absolute Gasteiger partial charge is 0.348 e. The maximum atomic E-state index is 12.7. The fourth-order valence-corrected chi connectivity index (χ4v) is 4.31. The number of carbonyl (C=O) groups is 3. The molecule has 1 aromatic carbocycles. The van der Waals surface area contributed by atoms with E-state index >= 15 is 0 Å². The molecule has 7 nitrogen and oxygen atoms in total. The molecule has 1 atom stereocenters. The Labute approximate surface area is 212 Å². The van der Waals surface area contributed by atoms with Gasteiger partial charge in [0.1, 0.15) is 16.0 Å². The minimum atomic E-state index is -2.00. The van der Waals surface area contributed by atoms with Crippen LogP contribution in [0.5, 0.6) is 0 Å². The minimum Gasteiger partial charge on any atom is -0.462 e. The molecule has 1 heterocycles. The normalized spacial score (nSPS) is 12.1. The van der Waals surface area contributed by atoms with Gasteiger partial charge >= 0.3 is 11.9 Å². The second-order valence-electron chi connectivity index (χ2n) is 6.30. The number of nitrogens with one attached hydrogen (secondary N) is 2. The van der Waals surface area contributed by atoms with Gasteiger partial charge in [0, 0.05) is 10.0 Å². The van der Waals surface area contributed by atoms with E-state index in [1.807, 2.05) is 0 Å². The molecule has 2 aromatic rings. The largest absolute Gasteiger partial charge is 0.462 e. The van der Waals surface area contributed by atoms with E-state index in [9.17, 15) is 14.4 Å². The van der Waals surface area contributed by atoms with Crippen LogP contribution in [0.15, 0.2) is 28.7 Å². The van der Waals surface area contributed by atoms with Crippen LogP contribution in [0.25, 0.3) is 0 Å². The summed E-state index contributed by atoms with van der Waals surface area (Å²) < 4.78 is 8.97. The second-order valence-corrected chi connectivity index (χ2v) is 10.6. The molecule has 2 rings (SSSR count). The number of alkyl halides is 3. The van der Waals surface area contributed by atoms with Gasteiger partial charge in [-0.15, -0.1) is 11.3 Å². The van der Waals surface area contributed by atoms with Gasteiger partial charge in [-0.3, -0.25) is 4.79 Å². The first-order valence-corrected chi connectivity index (χ1v) is 12.1. The zero-order chi connectivity index (χ0) is 24.1. The lowest BCUT2D eigenvalue weighted by Crippen LogP contribution is -2.49. The number of carbonyl (C=O) groups excluding carboxylic acids is 3. The third-order valence-corrected chi connectivity index (χ3v) is 6.46. The van der Waals surface area contributed by atoms with Crippen molar-refractivity contribution in [3.63, 3.8) is 0 Å². The van der Waals surface area contributed by atoms with Crippen LogP contribution in [0.3, 0.4) is 0 Å². The number of rotatable bonds is 8. The summed E-state index contributed by atoms with van der Waals surface area (Å²) in [6.45, 7) is 5.19. The van der Waals surface area contributed by atoms with E-state index in [4.69, 9.17) is 44.3 Å². The first-order valence-electron chi connectivity index (χ1n) is 9.36. The fraction of sp³-hybridized carbons (Fsp3) is 0.350. The van der Waals surface area contributed by atoms with Crippen molar-refractivity contribution in [2.75, 3.05) is 18.5 Å². The predicted octanol–water partition coefficient (Wildman–Crippen LogP) is 5.71. The number of ether oxygens (including phenoxy) is 2. The van der Waals surface area contributed by atoms with Gasteiger partial charge in [0.25, 0.3) is 5.91 Å². The summed E-state index contributed by atoms with van der Waals surface area (Å²) in [7, 11) is 0. The summed E-state index contributed by atoms with van der Waals surface area (Å²) >= 11 is 22.5. The first kappa shape index (κ1) is 26.7. The molecule has 0 aliphatic heterocycles. The van der Waals surface area contributed by atoms with Crippen molar-refractivity contribution in [2.45, 2.75) is 30.7 Å². The summed E-state index contributed by atoms with van der Waals surface area (Å²) in [5, 5.41) is 5.66. The Hall–Kier alpha value is -1.52. The summed E-state index contributed by atoms with van der Waals surface area (Å²) in [5.74, 6) is -1.78. The molecular formula is C20H20BrCl3N2O5S. The molecule has 12 heteroatoms. The molecule has 0 saturated carbocycles. The van der Waals surface area contributed by atoms with Crippen molar-refractivity contribution in [3.05, 3.63) is 50.3 Å². The Kier molecular flexibility index (Phi) is 9.66. The van der Waals surface area contributed by atoms with Crippen molar-refractivity contribution in [3.8, 4) is 0 Å². The van der Waals surface area contributed by atoms with Crippen LogP contribution < -0.4 is 10.6 Å². The lowest BCUT2D eigenvalue weighted by atomic mass is 10.1. The standard InChI is InChI=1S/C20H20BrCl3N2O5S/c1-4-30-17(28)13-10(3)14(18(29)31-5-2)32-16(13)26-19(20(22,23)24)25-15(27)11-6-8-12(21)9-7-11/h6-9,19,26H,4-5H2,1-3H3,(H,25,27). The molecule has 0 aliphatic carbocycles. The summed E-state index contributed by atoms with van der Waals surface area (Å²) in [6.07, 6.45) is -1.25.